The summed E-state index contributed by atoms with van der Waals surface area (Å²) in [7, 11) is 0. The van der Waals surface area contributed by atoms with Gasteiger partial charge in [-0.15, -0.1) is 16.8 Å². The van der Waals surface area contributed by atoms with Crippen LogP contribution in [0.25, 0.3) is 153 Å². The first-order valence-corrected chi connectivity index (χ1v) is 32.4. The van der Waals surface area contributed by atoms with E-state index in [0.717, 1.165) is 124 Å². The summed E-state index contributed by atoms with van der Waals surface area (Å²) in [5.41, 5.74) is 20.8. The summed E-state index contributed by atoms with van der Waals surface area (Å²) in [5.74, 6) is 0. The zero-order chi connectivity index (χ0) is 61.8. The second-order valence-electron chi connectivity index (χ2n) is 25.1. The van der Waals surface area contributed by atoms with Crippen molar-refractivity contribution in [1.82, 2.24) is 9.55 Å². The summed E-state index contributed by atoms with van der Waals surface area (Å²) in [6, 6.07) is 102. The van der Waals surface area contributed by atoms with Crippen LogP contribution in [0.5, 0.6) is 0 Å². The summed E-state index contributed by atoms with van der Waals surface area (Å²) >= 11 is 0. The molecule has 0 fully saturated rings. The van der Waals surface area contributed by atoms with E-state index in [0.29, 0.717) is 0 Å². The Labute approximate surface area is 572 Å². The molecule has 6 heteroatoms. The van der Waals surface area contributed by atoms with E-state index < -0.39 is 0 Å². The number of nitrogens with one attached hydrogen (secondary N) is 2. The van der Waals surface area contributed by atoms with Crippen molar-refractivity contribution in [3.05, 3.63) is 333 Å². The third-order valence-corrected chi connectivity index (χ3v) is 19.5. The van der Waals surface area contributed by atoms with Crippen molar-refractivity contribution in [2.24, 2.45) is 0 Å². The fraction of sp³-hybridized carbons (Fsp3) is 0.0337. The Bertz CT molecular complexity index is 6140. The predicted molar refractivity (Wildman–Crippen MR) is 396 cm³/mol. The number of benzene rings is 14. The van der Waals surface area contributed by atoms with Crippen molar-refractivity contribution >= 4 is 131 Å². The van der Waals surface area contributed by atoms with Gasteiger partial charge in [-0.05, 0) is 187 Å². The van der Waals surface area contributed by atoms with Crippen LogP contribution in [0.3, 0.4) is 0 Å². The number of para-hydroxylation sites is 3. The van der Waals surface area contributed by atoms with E-state index in [-0.39, 0.29) is 37.2 Å². The van der Waals surface area contributed by atoms with Gasteiger partial charge in [0.05, 0.1) is 11.0 Å². The Hall–Kier alpha value is -11.1. The van der Waals surface area contributed by atoms with E-state index in [2.05, 4.69) is 335 Å². The van der Waals surface area contributed by atoms with Crippen LogP contribution >= 0.6 is 0 Å². The van der Waals surface area contributed by atoms with Gasteiger partial charge >= 0.3 is 31.1 Å². The van der Waals surface area contributed by atoms with Gasteiger partial charge in [0.2, 0.25) is 0 Å². The van der Waals surface area contributed by atoms with Crippen LogP contribution in [0.1, 0.15) is 18.4 Å². The van der Waals surface area contributed by atoms with Crippen LogP contribution in [0, 0.1) is 43.3 Å². The summed E-state index contributed by atoms with van der Waals surface area (Å²) < 4.78 is 9.35. The van der Waals surface area contributed by atoms with Gasteiger partial charge in [-0.2, -0.15) is 12.1 Å². The summed E-state index contributed by atoms with van der Waals surface area (Å²) in [6.07, 6.45) is 20.7. The Kier molecular flexibility index (Phi) is 13.8. The van der Waals surface area contributed by atoms with Crippen molar-refractivity contribution in [1.29, 1.82) is 0 Å². The third-order valence-electron chi connectivity index (χ3n) is 19.5. The number of anilines is 3. The first-order valence-electron chi connectivity index (χ1n) is 32.4. The minimum absolute atomic E-state index is 0. The Morgan fingerprint density at radius 3 is 1.99 bits per heavy atom. The molecule has 2 aliphatic carbocycles. The Morgan fingerprint density at radius 1 is 0.453 bits per heavy atom. The normalized spacial score (nSPS) is 14.0. The first-order chi connectivity index (χ1) is 46.5. The average molecular weight is 1440 g/mol. The molecule has 19 rings (SSSR count). The maximum Gasteiger partial charge on any atom is 2.00 e. The number of nitrogens with zero attached hydrogens (tertiary/aromatic N) is 2. The zero-order valence-electron chi connectivity index (χ0n) is 51.7. The molecule has 2 aliphatic rings. The van der Waals surface area contributed by atoms with Crippen molar-refractivity contribution in [2.75, 3.05) is 10.2 Å². The Balaban J connectivity index is 0.00000660. The molecular weight excluding hydrogens is 1380 g/mol. The molecule has 0 saturated carbocycles. The monoisotopic (exact) mass is 1440 g/mol. The number of rotatable bonds is 10. The van der Waals surface area contributed by atoms with Gasteiger partial charge in [-0.25, -0.2) is 18.2 Å². The topological polar surface area (TPSA) is 49.1 Å². The largest absolute Gasteiger partial charge is 2.00 e. The van der Waals surface area contributed by atoms with Crippen LogP contribution < -0.4 is 10.2 Å². The fourth-order valence-corrected chi connectivity index (χ4v) is 14.9. The quantitative estimate of drug-likeness (QED) is 0.106. The molecule has 3 heterocycles. The molecule has 1 atom stereocenters. The van der Waals surface area contributed by atoms with Gasteiger partial charge in [-0.3, -0.25) is 11.1 Å². The van der Waals surface area contributed by atoms with E-state index in [1.54, 1.807) is 0 Å². The smallest absolute Gasteiger partial charge is 0.456 e. The maximum atomic E-state index is 6.93. The number of aromatic nitrogens is 2. The molecule has 0 radical (unpaired) electrons. The van der Waals surface area contributed by atoms with Gasteiger partial charge in [0.25, 0.3) is 0 Å². The maximum absolute atomic E-state index is 6.93. The molecule has 1 unspecified atom stereocenters. The van der Waals surface area contributed by atoms with Crippen molar-refractivity contribution in [3.63, 3.8) is 0 Å². The van der Waals surface area contributed by atoms with Gasteiger partial charge in [-0.1, -0.05) is 176 Å². The van der Waals surface area contributed by atoms with Gasteiger partial charge in [0.15, 0.2) is 0 Å². The van der Waals surface area contributed by atoms with Crippen molar-refractivity contribution in [3.8, 4) is 39.1 Å². The number of aromatic amines is 1. The molecule has 14 aromatic carbocycles. The molecule has 0 aliphatic heterocycles. The number of hydrogen-bond donors (Lipinski definition) is 2. The van der Waals surface area contributed by atoms with Gasteiger partial charge in [0, 0.05) is 78.5 Å². The molecule has 5 nitrogen and oxygen atoms in total. The van der Waals surface area contributed by atoms with Gasteiger partial charge in [0.1, 0.15) is 11.2 Å². The summed E-state index contributed by atoms with van der Waals surface area (Å²) in [6.45, 7) is 0. The molecule has 17 aromatic rings. The summed E-state index contributed by atoms with van der Waals surface area (Å²) in [5, 5.41) is 20.2. The second-order valence-corrected chi connectivity index (χ2v) is 25.1. The van der Waals surface area contributed by atoms with E-state index in [4.69, 9.17) is 4.42 Å². The van der Waals surface area contributed by atoms with Gasteiger partial charge < -0.3 is 24.2 Å². The average Bonchev–Trinajstić information content (AvgIpc) is 1.61. The van der Waals surface area contributed by atoms with Crippen molar-refractivity contribution in [2.45, 2.75) is 18.9 Å². The van der Waals surface area contributed by atoms with Crippen LogP contribution in [0.4, 0.5) is 17.1 Å². The Morgan fingerprint density at radius 2 is 1.15 bits per heavy atom. The summed E-state index contributed by atoms with van der Waals surface area (Å²) in [4.78, 5) is 6.18. The number of H-pyrrole nitrogens is 1. The zero-order valence-corrected chi connectivity index (χ0v) is 55.9. The number of fused-ring (bicyclic) bond motifs is 14. The number of hydrogen-bond acceptors (Lipinski definition) is 3. The molecule has 0 saturated heterocycles. The van der Waals surface area contributed by atoms with Crippen LogP contribution in [-0.4, -0.2) is 15.6 Å². The standard InChI is InChI=1S/C89H58N4O.U/c1-2-8-21-68(20-7-1)92(70-41-43-75-81-47-60-34-33-59(45-65(60)50-84(81)91-85(75)52-70)56-37-39-67(40-38-56)90-66-18-5-3-6-19-66)71-42-44-77-83-49-64-46-63(36-35-61(64)51-88(83)94-89(77)53-71)80-55-87-82(76-27-15-16-28-86(76)93(87)69-22-9-4-10-23-69)54-79(80)58-31-29-57(30-32-58)78-48-62-17-11-12-24-72(62)73-25-13-14-26-74(73)78;/h1,3-32,34-37,39,41-55,67,90-91H,2,40H2;/q-2;+2. The van der Waals surface area contributed by atoms with E-state index >= 15 is 0 Å². The van der Waals surface area contributed by atoms with Crippen LogP contribution in [0.15, 0.2) is 320 Å². The van der Waals surface area contributed by atoms with E-state index in [9.17, 15) is 0 Å². The third kappa shape index (κ3) is 9.83. The molecular formula is C89H58N4OU. The van der Waals surface area contributed by atoms with E-state index in [1.165, 1.54) is 70.9 Å². The fourth-order valence-electron chi connectivity index (χ4n) is 14.9. The minimum Gasteiger partial charge on any atom is -0.456 e. The predicted octanol–water partition coefficient (Wildman–Crippen LogP) is 23.9. The number of furan rings is 1. The molecule has 2 N–H and O–H groups in total. The van der Waals surface area contributed by atoms with Crippen LogP contribution in [-0.2, 0) is 0 Å². The minimum atomic E-state index is 0. The second kappa shape index (κ2) is 23.2. The first kappa shape index (κ1) is 56.6. The molecule has 0 spiro atoms. The van der Waals surface area contributed by atoms with Crippen LogP contribution in [0.2, 0.25) is 0 Å². The van der Waals surface area contributed by atoms with E-state index in [1.807, 2.05) is 6.07 Å². The molecule has 444 valence electrons. The molecule has 3 aromatic heterocycles. The SMILES string of the molecule is [C-]1=C(c2[c-]cc3cc4c(cc3c2)[nH]c2cc(N(C3=CC=CCC=C3)c3ccc5c(c3)oc3cc6ccc(-c7cc8c(cc7-c7ccc(-c9cc%10ccccc%10c%10ccccc9%10)cc7)c7ccccc7n8-c7ccccc7)cc6cc35)ccc24)C=CC(Nc2ccccc2)C1.[U+2]. The molecule has 0 bridgehead atoms. The van der Waals surface area contributed by atoms with Crippen molar-refractivity contribution < 1.29 is 35.5 Å². The number of allylic oxidation sites excluding steroid dienone is 7. The molecule has 0 amide bonds. The molecule has 95 heavy (non-hydrogen) atoms.